The van der Waals surface area contributed by atoms with Crippen LogP contribution in [0.4, 0.5) is 0 Å². The lowest BCUT2D eigenvalue weighted by atomic mass is 9.85. The largest absolute Gasteiger partial charge is 0.411 e. The van der Waals surface area contributed by atoms with E-state index in [1.165, 1.54) is 0 Å². The second-order valence-electron chi connectivity index (χ2n) is 7.11. The van der Waals surface area contributed by atoms with E-state index in [4.69, 9.17) is 4.43 Å². The average molecular weight is 385 g/mol. The summed E-state index contributed by atoms with van der Waals surface area (Å²) in [6.07, 6.45) is 1.70. The fourth-order valence-electron chi connectivity index (χ4n) is 3.79. The molecule has 1 aromatic rings. The van der Waals surface area contributed by atoms with E-state index in [9.17, 15) is 8.42 Å². The van der Waals surface area contributed by atoms with Crippen molar-refractivity contribution < 1.29 is 12.8 Å². The number of benzene rings is 1. The van der Waals surface area contributed by atoms with Crippen LogP contribution in [0.15, 0.2) is 35.2 Å². The third-order valence-electron chi connectivity index (χ3n) is 6.02. The van der Waals surface area contributed by atoms with Gasteiger partial charge in [-0.2, -0.15) is 0 Å². The Morgan fingerprint density at radius 2 is 1.44 bits per heavy atom. The highest BCUT2D eigenvalue weighted by Gasteiger charge is 2.43. The predicted molar refractivity (Wildman–Crippen MR) is 109 cm³/mol. The van der Waals surface area contributed by atoms with Crippen molar-refractivity contribution in [2.75, 3.05) is 5.75 Å². The van der Waals surface area contributed by atoms with Gasteiger partial charge < -0.3 is 4.43 Å². The lowest BCUT2D eigenvalue weighted by Gasteiger charge is -2.45. The van der Waals surface area contributed by atoms with Crippen LogP contribution in [-0.2, 0) is 14.3 Å². The standard InChI is InChI=1S/C20H36O3SSi/c1-7-20(8-2,23-25(9-3,10-4)11-5)18(6)17-24(21,22)19-15-13-12-14-16-19/h12-16,18H,7-11,17H2,1-6H3/t18-/m1/s1. The average Bonchev–Trinajstić information content (AvgIpc) is 2.64. The summed E-state index contributed by atoms with van der Waals surface area (Å²) >= 11 is 0. The van der Waals surface area contributed by atoms with Gasteiger partial charge in [0, 0.05) is 0 Å². The molecule has 0 radical (unpaired) electrons. The number of rotatable bonds is 11. The van der Waals surface area contributed by atoms with Crippen LogP contribution < -0.4 is 0 Å². The van der Waals surface area contributed by atoms with Gasteiger partial charge in [-0.1, -0.05) is 59.7 Å². The third-order valence-corrected chi connectivity index (χ3v) is 12.7. The van der Waals surface area contributed by atoms with Crippen LogP contribution in [0, 0.1) is 5.92 Å². The molecule has 0 saturated heterocycles. The van der Waals surface area contributed by atoms with Gasteiger partial charge in [0.1, 0.15) is 0 Å². The normalized spacial score (nSPS) is 14.5. The van der Waals surface area contributed by atoms with Gasteiger partial charge in [-0.25, -0.2) is 8.42 Å². The van der Waals surface area contributed by atoms with Gasteiger partial charge in [-0.15, -0.1) is 0 Å². The van der Waals surface area contributed by atoms with Gasteiger partial charge in [-0.3, -0.25) is 0 Å². The Bertz CT molecular complexity index is 597. The van der Waals surface area contributed by atoms with Crippen molar-refractivity contribution in [2.45, 2.75) is 83.0 Å². The first-order valence-corrected chi connectivity index (χ1v) is 13.9. The molecule has 1 aromatic carbocycles. The van der Waals surface area contributed by atoms with Crippen LogP contribution >= 0.6 is 0 Å². The molecule has 1 rings (SSSR count). The molecule has 0 aliphatic carbocycles. The molecule has 144 valence electrons. The SMILES string of the molecule is CCC(CC)(O[Si](CC)(CC)CC)[C@H](C)CS(=O)(=O)c1ccccc1. The van der Waals surface area contributed by atoms with E-state index in [0.717, 1.165) is 31.0 Å². The lowest BCUT2D eigenvalue weighted by molar-refractivity contribution is 0.00402. The van der Waals surface area contributed by atoms with Crippen LogP contribution in [-0.4, -0.2) is 28.1 Å². The third kappa shape index (κ3) is 5.17. The quantitative estimate of drug-likeness (QED) is 0.461. The zero-order valence-corrected chi connectivity index (χ0v) is 18.7. The van der Waals surface area contributed by atoms with Crippen LogP contribution in [0.3, 0.4) is 0 Å². The molecule has 0 aliphatic heterocycles. The maximum Gasteiger partial charge on any atom is 0.192 e. The van der Waals surface area contributed by atoms with Crippen LogP contribution in [0.5, 0.6) is 0 Å². The second kappa shape index (κ2) is 9.33. The molecule has 25 heavy (non-hydrogen) atoms. The van der Waals surface area contributed by atoms with Gasteiger partial charge in [0.05, 0.1) is 16.2 Å². The number of sulfone groups is 1. The molecule has 0 bridgehead atoms. The molecule has 0 heterocycles. The van der Waals surface area contributed by atoms with Crippen molar-refractivity contribution >= 4 is 18.2 Å². The lowest BCUT2D eigenvalue weighted by Crippen LogP contribution is -2.51. The van der Waals surface area contributed by atoms with Crippen molar-refractivity contribution in [3.8, 4) is 0 Å². The van der Waals surface area contributed by atoms with Gasteiger partial charge in [0.25, 0.3) is 0 Å². The number of hydrogen-bond acceptors (Lipinski definition) is 3. The highest BCUT2D eigenvalue weighted by Crippen LogP contribution is 2.38. The summed E-state index contributed by atoms with van der Waals surface area (Å²) in [5, 5.41) is 0. The Labute approximate surface area is 156 Å². The molecule has 0 aliphatic rings. The molecule has 5 heteroatoms. The first-order chi connectivity index (χ1) is 11.7. The van der Waals surface area contributed by atoms with E-state index >= 15 is 0 Å². The molecule has 0 spiro atoms. The molecule has 1 atom stereocenters. The van der Waals surface area contributed by atoms with E-state index in [-0.39, 0.29) is 17.3 Å². The minimum Gasteiger partial charge on any atom is -0.411 e. The molecule has 0 unspecified atom stereocenters. The summed E-state index contributed by atoms with van der Waals surface area (Å²) < 4.78 is 32.6. The van der Waals surface area contributed by atoms with E-state index in [2.05, 4.69) is 34.6 Å². The first-order valence-electron chi connectivity index (χ1n) is 9.72. The summed E-state index contributed by atoms with van der Waals surface area (Å²) in [5.74, 6) is 0.101. The highest BCUT2D eigenvalue weighted by atomic mass is 32.2. The topological polar surface area (TPSA) is 43.4 Å². The van der Waals surface area contributed by atoms with Crippen LogP contribution in [0.25, 0.3) is 0 Å². The molecule has 0 saturated carbocycles. The van der Waals surface area contributed by atoms with Gasteiger partial charge in [0.2, 0.25) is 0 Å². The van der Waals surface area contributed by atoms with Crippen molar-refractivity contribution in [3.05, 3.63) is 30.3 Å². The van der Waals surface area contributed by atoms with Crippen LogP contribution in [0.2, 0.25) is 18.1 Å². The minimum atomic E-state index is -3.30. The fourth-order valence-corrected chi connectivity index (χ4v) is 8.81. The smallest absolute Gasteiger partial charge is 0.192 e. The Morgan fingerprint density at radius 3 is 1.84 bits per heavy atom. The van der Waals surface area contributed by atoms with Crippen molar-refractivity contribution in [1.82, 2.24) is 0 Å². The minimum absolute atomic E-state index is 0.0377. The summed E-state index contributed by atoms with van der Waals surface area (Å²) in [4.78, 5) is 0.410. The van der Waals surface area contributed by atoms with E-state index < -0.39 is 18.2 Å². The summed E-state index contributed by atoms with van der Waals surface area (Å²) in [6.45, 7) is 13.0. The highest BCUT2D eigenvalue weighted by molar-refractivity contribution is 7.91. The molecule has 0 fully saturated rings. The van der Waals surface area contributed by atoms with Crippen molar-refractivity contribution in [3.63, 3.8) is 0 Å². The summed E-state index contributed by atoms with van der Waals surface area (Å²) in [6, 6.07) is 12.0. The summed E-state index contributed by atoms with van der Waals surface area (Å²) in [7, 11) is -5.11. The first kappa shape index (κ1) is 22.4. The van der Waals surface area contributed by atoms with Gasteiger partial charge >= 0.3 is 0 Å². The Balaban J connectivity index is 3.13. The molecule has 0 aromatic heterocycles. The Hall–Kier alpha value is -0.653. The monoisotopic (exact) mass is 384 g/mol. The molecule has 0 N–H and O–H groups in total. The van der Waals surface area contributed by atoms with Gasteiger partial charge in [-0.05, 0) is 49.0 Å². The van der Waals surface area contributed by atoms with Crippen molar-refractivity contribution in [1.29, 1.82) is 0 Å². The summed E-state index contributed by atoms with van der Waals surface area (Å²) in [5.41, 5.74) is -0.351. The van der Waals surface area contributed by atoms with Crippen molar-refractivity contribution in [2.24, 2.45) is 5.92 Å². The van der Waals surface area contributed by atoms with Gasteiger partial charge in [0.15, 0.2) is 18.2 Å². The Kier molecular flexibility index (Phi) is 8.36. The van der Waals surface area contributed by atoms with E-state index in [0.29, 0.717) is 4.90 Å². The maximum atomic E-state index is 12.9. The van der Waals surface area contributed by atoms with E-state index in [1.54, 1.807) is 24.3 Å². The maximum absolute atomic E-state index is 12.9. The zero-order chi connectivity index (χ0) is 19.1. The predicted octanol–water partition coefficient (Wildman–Crippen LogP) is 5.68. The zero-order valence-electron chi connectivity index (χ0n) is 16.8. The Morgan fingerprint density at radius 1 is 0.960 bits per heavy atom. The molecular weight excluding hydrogens is 348 g/mol. The second-order valence-corrected chi connectivity index (χ2v) is 13.8. The fraction of sp³-hybridized carbons (Fsp3) is 0.700. The van der Waals surface area contributed by atoms with Crippen LogP contribution in [0.1, 0.15) is 54.4 Å². The number of hydrogen-bond donors (Lipinski definition) is 0. The molecular formula is C20H36O3SSi. The van der Waals surface area contributed by atoms with E-state index in [1.807, 2.05) is 13.0 Å². The molecule has 3 nitrogen and oxygen atoms in total. The molecule has 0 amide bonds.